The summed E-state index contributed by atoms with van der Waals surface area (Å²) in [6.07, 6.45) is -3.03. The Kier molecular flexibility index (Phi) is 8.26. The molecule has 0 radical (unpaired) electrons. The smallest absolute Gasteiger partial charge is 0.266 e. The van der Waals surface area contributed by atoms with E-state index in [9.17, 15) is 57.5 Å². The van der Waals surface area contributed by atoms with Gasteiger partial charge in [-0.1, -0.05) is 50.2 Å². The normalized spacial score (nSPS) is 14.9. The van der Waals surface area contributed by atoms with Gasteiger partial charge in [-0.3, -0.25) is 9.59 Å². The minimum atomic E-state index is -7.61. The highest BCUT2D eigenvalue weighted by atomic mass is 32.2. The number of alkyl halides is 9. The van der Waals surface area contributed by atoms with Crippen molar-refractivity contribution in [1.29, 1.82) is 0 Å². The van der Waals surface area contributed by atoms with E-state index in [4.69, 9.17) is 0 Å². The van der Waals surface area contributed by atoms with Crippen LogP contribution in [0, 0.1) is 11.8 Å². The minimum absolute atomic E-state index is 0.131. The maximum atomic E-state index is 14.1. The largest absolute Gasteiger partial charge is 0.460 e. The molecule has 0 aliphatic carbocycles. The third-order valence-corrected chi connectivity index (χ3v) is 7.08. The van der Waals surface area contributed by atoms with Crippen molar-refractivity contribution in [2.24, 2.45) is 0 Å². The van der Waals surface area contributed by atoms with Gasteiger partial charge in [0, 0.05) is 17.4 Å². The highest BCUT2D eigenvalue weighted by Crippen LogP contribution is 2.55. The molecule has 6 nitrogen and oxygen atoms in total. The second kappa shape index (κ2) is 10.6. The molecule has 0 aromatic heterocycles. The maximum absolute atomic E-state index is 14.1. The molecule has 2 aromatic rings. The van der Waals surface area contributed by atoms with Gasteiger partial charge in [-0.25, -0.2) is 0 Å². The van der Waals surface area contributed by atoms with Crippen LogP contribution in [0.4, 0.5) is 39.5 Å². The lowest BCUT2D eigenvalue weighted by Crippen LogP contribution is -2.64. The Hall–Kier alpha value is -3.32. The number of hydrogen-bond donors (Lipinski definition) is 0. The van der Waals surface area contributed by atoms with Crippen LogP contribution < -0.4 is 0 Å². The van der Waals surface area contributed by atoms with E-state index in [1.54, 1.807) is 0 Å². The van der Waals surface area contributed by atoms with Crippen LogP contribution in [0.5, 0.6) is 0 Å². The lowest BCUT2D eigenvalue weighted by atomic mass is 9.92. The number of carbonyl (C=O) groups is 2. The number of carbonyl (C=O) groups excluding carboxylic acids is 2. The summed E-state index contributed by atoms with van der Waals surface area (Å²) >= 11 is 0. The Labute approximate surface area is 221 Å². The van der Waals surface area contributed by atoms with E-state index in [-0.39, 0.29) is 10.8 Å². The fourth-order valence-electron chi connectivity index (χ4n) is 3.71. The molecule has 0 atom stereocenters. The number of hydroxylamine groups is 2. The Morgan fingerprint density at radius 3 is 2.00 bits per heavy atom. The van der Waals surface area contributed by atoms with Gasteiger partial charge in [-0.15, -0.1) is 9.35 Å². The maximum Gasteiger partial charge on any atom is 0.460 e. The Morgan fingerprint density at radius 2 is 1.43 bits per heavy atom. The summed E-state index contributed by atoms with van der Waals surface area (Å²) in [6, 6.07) is 5.88. The Balaban J connectivity index is 1.99. The topological polar surface area (TPSA) is 80.8 Å². The van der Waals surface area contributed by atoms with Gasteiger partial charge >= 0.3 is 33.4 Å². The molecule has 2 aromatic carbocycles. The average molecular weight is 603 g/mol. The predicted molar refractivity (Wildman–Crippen MR) is 121 cm³/mol. The number of hydrogen-bond acceptors (Lipinski definition) is 5. The fourth-order valence-corrected chi connectivity index (χ4v) is 4.58. The zero-order valence-electron chi connectivity index (χ0n) is 20.2. The molecule has 0 saturated heterocycles. The fraction of sp³-hybridized carbons (Fsp3) is 0.417. The monoisotopic (exact) mass is 603 g/mol. The number of nitrogens with zero attached hydrogens (tertiary/aromatic N) is 1. The van der Waals surface area contributed by atoms with Crippen LogP contribution in [-0.2, 0) is 14.4 Å². The van der Waals surface area contributed by atoms with E-state index in [1.807, 2.05) is 6.92 Å². The van der Waals surface area contributed by atoms with Crippen molar-refractivity contribution in [3.05, 3.63) is 47.0 Å². The van der Waals surface area contributed by atoms with Crippen LogP contribution in [0.15, 0.2) is 30.3 Å². The summed E-state index contributed by atoms with van der Waals surface area (Å²) in [5.74, 6) is -13.0. The summed E-state index contributed by atoms with van der Waals surface area (Å²) in [4.78, 5) is 25.6. The molecule has 218 valence electrons. The molecule has 3 rings (SSSR count). The van der Waals surface area contributed by atoms with Crippen molar-refractivity contribution in [3.63, 3.8) is 0 Å². The second-order valence-corrected chi connectivity index (χ2v) is 10.2. The summed E-state index contributed by atoms with van der Waals surface area (Å²) in [5.41, 5.74) is -0.784. The molecule has 0 spiro atoms. The number of halogens is 9. The molecule has 0 bridgehead atoms. The van der Waals surface area contributed by atoms with E-state index in [1.165, 1.54) is 18.2 Å². The molecule has 0 N–H and O–H groups in total. The number of unbranched alkanes of at least 4 members (excludes halogenated alkanes) is 4. The first kappa shape index (κ1) is 31.2. The van der Waals surface area contributed by atoms with Crippen molar-refractivity contribution in [3.8, 4) is 11.8 Å². The first-order valence-electron chi connectivity index (χ1n) is 11.4. The highest BCUT2D eigenvalue weighted by molar-refractivity contribution is 7.87. The molecule has 40 heavy (non-hydrogen) atoms. The number of rotatable bonds is 9. The Morgan fingerprint density at radius 1 is 0.825 bits per heavy atom. The van der Waals surface area contributed by atoms with E-state index < -0.39 is 61.4 Å². The van der Waals surface area contributed by atoms with Gasteiger partial charge in [0.15, 0.2) is 0 Å². The van der Waals surface area contributed by atoms with Crippen LogP contribution in [0.2, 0.25) is 0 Å². The summed E-state index contributed by atoms with van der Waals surface area (Å²) in [5, 5.41) is -8.13. The van der Waals surface area contributed by atoms with E-state index in [0.717, 1.165) is 37.8 Å². The highest BCUT2D eigenvalue weighted by Gasteiger charge is 2.86. The molecule has 0 unspecified atom stereocenters. The average Bonchev–Trinajstić information content (AvgIpc) is 2.86. The van der Waals surface area contributed by atoms with Crippen molar-refractivity contribution >= 4 is 32.7 Å². The number of imide groups is 1. The standard InChI is InChI=1S/C24H18F9NO5S/c1-2-3-4-5-6-7-9-14-12-13-17-18-15(14)10-8-11-16(18)19(35)34(20(17)36)39-40(37,38)24(32,33)22(27,28)21(25,26)23(29,30)31/h8,10-13H,2-6H2,1H3. The van der Waals surface area contributed by atoms with E-state index in [0.29, 0.717) is 12.0 Å². The van der Waals surface area contributed by atoms with Crippen molar-refractivity contribution in [2.45, 2.75) is 62.3 Å². The number of benzene rings is 2. The summed E-state index contributed by atoms with van der Waals surface area (Å²) in [7, 11) is -7.53. The first-order chi connectivity index (χ1) is 18.3. The summed E-state index contributed by atoms with van der Waals surface area (Å²) < 4.78 is 147. The predicted octanol–water partition coefficient (Wildman–Crippen LogP) is 6.44. The SMILES string of the molecule is CCCCCCC#Cc1ccc2c3c(cccc13)C(=O)N(OS(=O)(=O)C(F)(F)C(F)(F)C(F)(F)C(F)(F)F)C2=O. The van der Waals surface area contributed by atoms with Gasteiger partial charge in [0.2, 0.25) is 0 Å². The van der Waals surface area contributed by atoms with E-state index in [2.05, 4.69) is 16.1 Å². The van der Waals surface area contributed by atoms with Crippen LogP contribution in [-0.4, -0.2) is 48.6 Å². The lowest BCUT2D eigenvalue weighted by molar-refractivity contribution is -0.383. The molecule has 1 aliphatic rings. The molecule has 0 fully saturated rings. The van der Waals surface area contributed by atoms with Gasteiger partial charge in [0.25, 0.3) is 11.8 Å². The third kappa shape index (κ3) is 5.00. The molecule has 1 heterocycles. The van der Waals surface area contributed by atoms with Crippen LogP contribution >= 0.6 is 0 Å². The van der Waals surface area contributed by atoms with Crippen LogP contribution in [0.3, 0.4) is 0 Å². The molecule has 16 heteroatoms. The summed E-state index contributed by atoms with van der Waals surface area (Å²) in [6.45, 7) is 2.03. The molecular weight excluding hydrogens is 585 g/mol. The second-order valence-electron chi connectivity index (χ2n) is 8.60. The van der Waals surface area contributed by atoms with Gasteiger partial charge < -0.3 is 0 Å². The molecule has 2 amide bonds. The van der Waals surface area contributed by atoms with Crippen LogP contribution in [0.25, 0.3) is 10.8 Å². The molecule has 1 aliphatic heterocycles. The third-order valence-electron chi connectivity index (χ3n) is 5.85. The molecule has 0 saturated carbocycles. The van der Waals surface area contributed by atoms with E-state index >= 15 is 0 Å². The van der Waals surface area contributed by atoms with Gasteiger partial charge in [0.1, 0.15) is 0 Å². The Bertz CT molecular complexity index is 1490. The van der Waals surface area contributed by atoms with Crippen molar-refractivity contribution in [2.75, 3.05) is 0 Å². The lowest BCUT2D eigenvalue weighted by Gasteiger charge is -2.33. The van der Waals surface area contributed by atoms with Crippen molar-refractivity contribution < 1.29 is 61.8 Å². The van der Waals surface area contributed by atoms with Gasteiger partial charge in [-0.05, 0) is 30.0 Å². The minimum Gasteiger partial charge on any atom is -0.266 e. The quantitative estimate of drug-likeness (QED) is 0.143. The van der Waals surface area contributed by atoms with Gasteiger partial charge in [-0.2, -0.15) is 47.9 Å². The van der Waals surface area contributed by atoms with Gasteiger partial charge in [0.05, 0.1) is 11.1 Å². The number of amides is 2. The zero-order chi connectivity index (χ0) is 30.3. The van der Waals surface area contributed by atoms with Crippen molar-refractivity contribution in [1.82, 2.24) is 5.06 Å². The van der Waals surface area contributed by atoms with Crippen LogP contribution in [0.1, 0.15) is 65.3 Å². The zero-order valence-corrected chi connectivity index (χ0v) is 21.0. The molecular formula is C24H18F9NO5S. The first-order valence-corrected chi connectivity index (χ1v) is 12.8.